The van der Waals surface area contributed by atoms with E-state index in [9.17, 15) is 9.59 Å². The van der Waals surface area contributed by atoms with E-state index < -0.39 is 5.97 Å². The Balaban J connectivity index is 2.18. The van der Waals surface area contributed by atoms with Crippen molar-refractivity contribution >= 4 is 11.9 Å². The Labute approximate surface area is 153 Å². The second-order valence-electron chi connectivity index (χ2n) is 6.66. The Morgan fingerprint density at radius 1 is 1.19 bits per heavy atom. The van der Waals surface area contributed by atoms with Crippen LogP contribution >= 0.6 is 0 Å². The van der Waals surface area contributed by atoms with Gasteiger partial charge in [0.2, 0.25) is 0 Å². The van der Waals surface area contributed by atoms with E-state index in [-0.39, 0.29) is 24.3 Å². The molecular weight excluding hydrogens is 330 g/mol. The van der Waals surface area contributed by atoms with E-state index in [1.54, 1.807) is 13.1 Å². The van der Waals surface area contributed by atoms with Crippen LogP contribution in [-0.2, 0) is 11.2 Å². The first-order valence-corrected chi connectivity index (χ1v) is 8.77. The summed E-state index contributed by atoms with van der Waals surface area (Å²) < 4.78 is 0. The first-order chi connectivity index (χ1) is 12.4. The molecule has 1 unspecified atom stereocenters. The average molecular weight is 355 g/mol. The summed E-state index contributed by atoms with van der Waals surface area (Å²) in [4.78, 5) is 32.3. The molecule has 138 valence electrons. The molecule has 0 aliphatic heterocycles. The molecule has 1 heterocycles. The lowest BCUT2D eigenvalue weighted by molar-refractivity contribution is -0.137. The number of aryl methyl sites for hydroxylation is 1. The predicted molar refractivity (Wildman–Crippen MR) is 99.1 cm³/mol. The molecular formula is C20H25N3O3. The number of benzene rings is 1. The number of aromatic nitrogens is 2. The van der Waals surface area contributed by atoms with Crippen molar-refractivity contribution in [2.45, 2.75) is 52.0 Å². The van der Waals surface area contributed by atoms with Crippen molar-refractivity contribution in [1.29, 1.82) is 0 Å². The lowest BCUT2D eigenvalue weighted by Gasteiger charge is -2.20. The molecule has 0 bridgehead atoms. The number of carboxylic acids is 1. The van der Waals surface area contributed by atoms with Gasteiger partial charge in [-0.15, -0.1) is 0 Å². The van der Waals surface area contributed by atoms with Crippen LogP contribution in [0.15, 0.2) is 36.5 Å². The molecule has 0 spiro atoms. The number of nitrogens with zero attached hydrogens (tertiary/aromatic N) is 2. The number of carbonyl (C=O) groups is 2. The van der Waals surface area contributed by atoms with Crippen LogP contribution in [0.1, 0.15) is 60.0 Å². The lowest BCUT2D eigenvalue weighted by atomic mass is 10.00. The standard InChI is InChI=1S/C20H25N3O3/c1-13(2)19-17(12-21-14(3)22-19)20(26)23-16(9-10-18(24)25)11-15-7-5-4-6-8-15/h4-8,12-13,16H,9-11H2,1-3H3,(H,23,26)(H,24,25). The number of carbonyl (C=O) groups excluding carboxylic acids is 1. The van der Waals surface area contributed by atoms with Crippen LogP contribution in [0.4, 0.5) is 0 Å². The number of nitrogens with one attached hydrogen (secondary N) is 1. The molecule has 0 saturated carbocycles. The molecule has 1 amide bonds. The lowest BCUT2D eigenvalue weighted by Crippen LogP contribution is -2.37. The number of rotatable bonds is 8. The van der Waals surface area contributed by atoms with Gasteiger partial charge in [0.05, 0.1) is 11.3 Å². The molecule has 0 fully saturated rings. The van der Waals surface area contributed by atoms with Gasteiger partial charge in [0.15, 0.2) is 0 Å². The highest BCUT2D eigenvalue weighted by atomic mass is 16.4. The zero-order valence-electron chi connectivity index (χ0n) is 15.4. The van der Waals surface area contributed by atoms with Gasteiger partial charge in [-0.05, 0) is 31.2 Å². The third kappa shape index (κ3) is 5.65. The number of amides is 1. The first-order valence-electron chi connectivity index (χ1n) is 8.77. The zero-order chi connectivity index (χ0) is 19.1. The van der Waals surface area contributed by atoms with Crippen LogP contribution in [0, 0.1) is 6.92 Å². The normalized spacial score (nSPS) is 12.0. The fourth-order valence-electron chi connectivity index (χ4n) is 2.79. The Hall–Kier alpha value is -2.76. The molecule has 1 aromatic heterocycles. The smallest absolute Gasteiger partial charge is 0.303 e. The van der Waals surface area contributed by atoms with Crippen molar-refractivity contribution in [3.63, 3.8) is 0 Å². The van der Waals surface area contributed by atoms with Gasteiger partial charge < -0.3 is 10.4 Å². The minimum absolute atomic E-state index is 0.000778. The molecule has 6 nitrogen and oxygen atoms in total. The fraction of sp³-hybridized carbons (Fsp3) is 0.400. The highest BCUT2D eigenvalue weighted by Gasteiger charge is 2.20. The quantitative estimate of drug-likeness (QED) is 0.759. The van der Waals surface area contributed by atoms with E-state index in [2.05, 4.69) is 15.3 Å². The first kappa shape index (κ1) is 19.6. The van der Waals surface area contributed by atoms with Gasteiger partial charge in [-0.1, -0.05) is 44.2 Å². The molecule has 1 aromatic carbocycles. The van der Waals surface area contributed by atoms with Crippen LogP contribution in [0.5, 0.6) is 0 Å². The van der Waals surface area contributed by atoms with Gasteiger partial charge in [0.25, 0.3) is 5.91 Å². The summed E-state index contributed by atoms with van der Waals surface area (Å²) in [5, 5.41) is 12.0. The molecule has 1 atom stereocenters. The summed E-state index contributed by atoms with van der Waals surface area (Å²) in [6.07, 6.45) is 2.48. The number of hydrogen-bond donors (Lipinski definition) is 2. The van der Waals surface area contributed by atoms with E-state index >= 15 is 0 Å². The third-order valence-corrected chi connectivity index (χ3v) is 4.10. The van der Waals surface area contributed by atoms with Crippen LogP contribution in [0.3, 0.4) is 0 Å². The zero-order valence-corrected chi connectivity index (χ0v) is 15.4. The van der Waals surface area contributed by atoms with E-state index in [1.165, 1.54) is 0 Å². The van der Waals surface area contributed by atoms with Gasteiger partial charge in [-0.25, -0.2) is 9.97 Å². The molecule has 0 aliphatic rings. The van der Waals surface area contributed by atoms with Crippen molar-refractivity contribution in [3.8, 4) is 0 Å². The van der Waals surface area contributed by atoms with Crippen LogP contribution < -0.4 is 5.32 Å². The van der Waals surface area contributed by atoms with Crippen molar-refractivity contribution in [3.05, 3.63) is 59.2 Å². The monoisotopic (exact) mass is 355 g/mol. The van der Waals surface area contributed by atoms with Crippen LogP contribution in [-0.4, -0.2) is 33.0 Å². The molecule has 2 N–H and O–H groups in total. The van der Waals surface area contributed by atoms with E-state index in [4.69, 9.17) is 5.11 Å². The van der Waals surface area contributed by atoms with Gasteiger partial charge in [-0.2, -0.15) is 0 Å². The second-order valence-corrected chi connectivity index (χ2v) is 6.66. The predicted octanol–water partition coefficient (Wildman–Crippen LogP) is 3.11. The van der Waals surface area contributed by atoms with Crippen molar-refractivity contribution in [2.75, 3.05) is 0 Å². The van der Waals surface area contributed by atoms with Gasteiger partial charge in [0, 0.05) is 18.7 Å². The summed E-state index contributed by atoms with van der Waals surface area (Å²) in [7, 11) is 0. The Bertz CT molecular complexity index is 760. The SMILES string of the molecule is Cc1ncc(C(=O)NC(CCC(=O)O)Cc2ccccc2)c(C(C)C)n1. The fourth-order valence-corrected chi connectivity index (χ4v) is 2.79. The molecule has 0 saturated heterocycles. The van der Waals surface area contributed by atoms with Gasteiger partial charge in [0.1, 0.15) is 5.82 Å². The molecule has 2 rings (SSSR count). The van der Waals surface area contributed by atoms with E-state index in [1.807, 2.05) is 44.2 Å². The second kappa shape index (κ2) is 9.08. The largest absolute Gasteiger partial charge is 0.481 e. The van der Waals surface area contributed by atoms with Gasteiger partial charge >= 0.3 is 5.97 Å². The van der Waals surface area contributed by atoms with Crippen molar-refractivity contribution < 1.29 is 14.7 Å². The minimum atomic E-state index is -0.876. The van der Waals surface area contributed by atoms with Crippen LogP contribution in [0.2, 0.25) is 0 Å². The molecule has 26 heavy (non-hydrogen) atoms. The molecule has 0 radical (unpaired) electrons. The molecule has 6 heteroatoms. The Morgan fingerprint density at radius 3 is 2.50 bits per heavy atom. The van der Waals surface area contributed by atoms with Gasteiger partial charge in [-0.3, -0.25) is 9.59 Å². The van der Waals surface area contributed by atoms with E-state index in [0.29, 0.717) is 29.9 Å². The van der Waals surface area contributed by atoms with Crippen molar-refractivity contribution in [1.82, 2.24) is 15.3 Å². The maximum Gasteiger partial charge on any atom is 0.303 e. The molecule has 0 aliphatic carbocycles. The summed E-state index contributed by atoms with van der Waals surface area (Å²) in [5.74, 6) is -0.431. The number of hydrogen-bond acceptors (Lipinski definition) is 4. The third-order valence-electron chi connectivity index (χ3n) is 4.10. The number of carboxylic acid groups (broad SMARTS) is 1. The highest BCUT2D eigenvalue weighted by Crippen LogP contribution is 2.17. The average Bonchev–Trinajstić information content (AvgIpc) is 2.60. The Kier molecular flexibility index (Phi) is 6.83. The maximum atomic E-state index is 12.8. The highest BCUT2D eigenvalue weighted by molar-refractivity contribution is 5.95. The van der Waals surface area contributed by atoms with Crippen molar-refractivity contribution in [2.24, 2.45) is 0 Å². The maximum absolute atomic E-state index is 12.8. The summed E-state index contributed by atoms with van der Waals surface area (Å²) in [5.41, 5.74) is 2.19. The summed E-state index contributed by atoms with van der Waals surface area (Å²) in [6.45, 7) is 5.74. The topological polar surface area (TPSA) is 92.2 Å². The summed E-state index contributed by atoms with van der Waals surface area (Å²) in [6, 6.07) is 9.43. The molecule has 2 aromatic rings. The Morgan fingerprint density at radius 2 is 1.88 bits per heavy atom. The number of aliphatic carboxylic acids is 1. The minimum Gasteiger partial charge on any atom is -0.481 e. The summed E-state index contributed by atoms with van der Waals surface area (Å²) >= 11 is 0. The van der Waals surface area contributed by atoms with Crippen LogP contribution in [0.25, 0.3) is 0 Å². The van der Waals surface area contributed by atoms with E-state index in [0.717, 1.165) is 5.56 Å².